The summed E-state index contributed by atoms with van der Waals surface area (Å²) in [5.74, 6) is 0.991. The highest BCUT2D eigenvalue weighted by Crippen LogP contribution is 2.18. The summed E-state index contributed by atoms with van der Waals surface area (Å²) in [5, 5.41) is 10.5. The van der Waals surface area contributed by atoms with Gasteiger partial charge in [0.05, 0.1) is 5.69 Å². The van der Waals surface area contributed by atoms with Crippen molar-refractivity contribution in [3.8, 4) is 0 Å². The molecule has 0 fully saturated rings. The maximum Gasteiger partial charge on any atom is 0.363 e. The lowest BCUT2D eigenvalue weighted by molar-refractivity contribution is -0.389. The lowest BCUT2D eigenvalue weighted by Gasteiger charge is -2.25. The number of anilines is 1. The van der Waals surface area contributed by atoms with Gasteiger partial charge in [0.2, 0.25) is 0 Å². The highest BCUT2D eigenvalue weighted by atomic mass is 32.2. The quantitative estimate of drug-likeness (QED) is 0.577. The zero-order valence-corrected chi connectivity index (χ0v) is 11.1. The topological polar surface area (TPSA) is 59.3 Å². The molecule has 94 valence electrons. The third kappa shape index (κ3) is 3.89. The Bertz CT molecular complexity index is 369. The normalized spacial score (nSPS) is 12.2. The fourth-order valence-electron chi connectivity index (χ4n) is 1.43. The van der Waals surface area contributed by atoms with Crippen LogP contribution in [0.3, 0.4) is 0 Å². The fourth-order valence-corrected chi connectivity index (χ4v) is 2.01. The zero-order valence-electron chi connectivity index (χ0n) is 10.3. The Morgan fingerprint density at radius 1 is 1.59 bits per heavy atom. The van der Waals surface area contributed by atoms with Crippen LogP contribution in [0.5, 0.6) is 0 Å². The van der Waals surface area contributed by atoms with Crippen LogP contribution < -0.4 is 4.90 Å². The van der Waals surface area contributed by atoms with Gasteiger partial charge in [0.1, 0.15) is 0 Å². The Morgan fingerprint density at radius 3 is 2.76 bits per heavy atom. The molecule has 17 heavy (non-hydrogen) atoms. The molecule has 0 saturated heterocycles. The van der Waals surface area contributed by atoms with Crippen molar-refractivity contribution in [1.82, 2.24) is 4.98 Å². The van der Waals surface area contributed by atoms with Crippen LogP contribution in [0.15, 0.2) is 18.3 Å². The molecular weight excluding hydrogens is 238 g/mol. The average molecular weight is 255 g/mol. The molecule has 0 aliphatic carbocycles. The average Bonchev–Trinajstić information content (AvgIpc) is 2.35. The predicted octanol–water partition coefficient (Wildman–Crippen LogP) is 2.57. The number of hydrogen-bond acceptors (Lipinski definition) is 5. The molecule has 0 aliphatic heterocycles. The maximum absolute atomic E-state index is 10.5. The molecule has 0 unspecified atom stereocenters. The Labute approximate surface area is 105 Å². The summed E-state index contributed by atoms with van der Waals surface area (Å²) >= 11 is 1.82. The van der Waals surface area contributed by atoms with Gasteiger partial charge in [0.25, 0.3) is 0 Å². The molecule has 0 amide bonds. The minimum atomic E-state index is -0.485. The van der Waals surface area contributed by atoms with Gasteiger partial charge in [-0.3, -0.25) is 0 Å². The molecule has 1 aromatic rings. The number of pyridine rings is 1. The van der Waals surface area contributed by atoms with Crippen molar-refractivity contribution in [1.29, 1.82) is 0 Å². The lowest BCUT2D eigenvalue weighted by atomic mass is 10.2. The minimum Gasteiger partial charge on any atom is -0.369 e. The van der Waals surface area contributed by atoms with E-state index >= 15 is 0 Å². The molecule has 0 radical (unpaired) electrons. The van der Waals surface area contributed by atoms with Crippen molar-refractivity contribution in [3.05, 3.63) is 28.4 Å². The van der Waals surface area contributed by atoms with Gasteiger partial charge >= 0.3 is 5.82 Å². The zero-order chi connectivity index (χ0) is 12.8. The van der Waals surface area contributed by atoms with Gasteiger partial charge in [0, 0.05) is 19.2 Å². The Hall–Kier alpha value is -1.30. The van der Waals surface area contributed by atoms with Gasteiger partial charge in [-0.25, -0.2) is 0 Å². The smallest absolute Gasteiger partial charge is 0.363 e. The van der Waals surface area contributed by atoms with Crippen LogP contribution in [0.25, 0.3) is 0 Å². The molecule has 0 spiro atoms. The van der Waals surface area contributed by atoms with Crippen LogP contribution in [-0.4, -0.2) is 35.0 Å². The van der Waals surface area contributed by atoms with E-state index in [2.05, 4.69) is 23.1 Å². The van der Waals surface area contributed by atoms with Gasteiger partial charge in [-0.05, 0) is 41.3 Å². The number of rotatable bonds is 6. The summed E-state index contributed by atoms with van der Waals surface area (Å²) in [6.07, 6.45) is 4.71. The Kier molecular flexibility index (Phi) is 5.21. The van der Waals surface area contributed by atoms with Gasteiger partial charge < -0.3 is 15.0 Å². The van der Waals surface area contributed by atoms with E-state index in [0.29, 0.717) is 6.04 Å². The van der Waals surface area contributed by atoms with Crippen molar-refractivity contribution in [2.45, 2.75) is 19.4 Å². The van der Waals surface area contributed by atoms with E-state index in [1.807, 2.05) is 18.8 Å². The molecular formula is C11H17N3O2S. The summed E-state index contributed by atoms with van der Waals surface area (Å²) in [6, 6.07) is 3.57. The van der Waals surface area contributed by atoms with Crippen molar-refractivity contribution in [2.75, 3.05) is 24.0 Å². The number of hydrogen-bond donors (Lipinski definition) is 0. The van der Waals surface area contributed by atoms with Gasteiger partial charge in [-0.15, -0.1) is 0 Å². The first-order chi connectivity index (χ1) is 8.06. The first kappa shape index (κ1) is 13.8. The van der Waals surface area contributed by atoms with Crippen LogP contribution in [0.1, 0.15) is 13.3 Å². The van der Waals surface area contributed by atoms with E-state index in [1.54, 1.807) is 12.3 Å². The van der Waals surface area contributed by atoms with Crippen LogP contribution in [-0.2, 0) is 0 Å². The maximum atomic E-state index is 10.5. The van der Waals surface area contributed by atoms with E-state index in [1.165, 1.54) is 6.07 Å². The molecule has 5 nitrogen and oxygen atoms in total. The first-order valence-corrected chi connectivity index (χ1v) is 6.78. The SMILES string of the molecule is CSCC[C@H](C)N(C)c1ccc([N+](=O)[O-])nc1. The Morgan fingerprint density at radius 2 is 2.29 bits per heavy atom. The van der Waals surface area contributed by atoms with E-state index in [-0.39, 0.29) is 5.82 Å². The standard InChI is InChI=1S/C11H17N3O2S/c1-9(6-7-17-3)13(2)10-4-5-11(12-8-10)14(15)16/h4-5,8-9H,6-7H2,1-3H3/t9-/m0/s1. The molecule has 1 aromatic heterocycles. The summed E-state index contributed by atoms with van der Waals surface area (Å²) in [5.41, 5.74) is 0.907. The number of aromatic nitrogens is 1. The Balaban J connectivity index is 2.68. The summed E-state index contributed by atoms with van der Waals surface area (Å²) in [4.78, 5) is 15.9. The molecule has 1 atom stereocenters. The summed E-state index contributed by atoms with van der Waals surface area (Å²) in [6.45, 7) is 2.14. The molecule has 0 aliphatic rings. The van der Waals surface area contributed by atoms with E-state index in [4.69, 9.17) is 0 Å². The van der Waals surface area contributed by atoms with Gasteiger partial charge in [-0.2, -0.15) is 11.8 Å². The number of thioether (sulfide) groups is 1. The van der Waals surface area contributed by atoms with Crippen molar-refractivity contribution in [2.24, 2.45) is 0 Å². The lowest BCUT2D eigenvalue weighted by Crippen LogP contribution is -2.29. The second-order valence-corrected chi connectivity index (χ2v) is 4.86. The summed E-state index contributed by atoms with van der Waals surface area (Å²) in [7, 11) is 1.98. The second-order valence-electron chi connectivity index (χ2n) is 3.87. The van der Waals surface area contributed by atoms with Crippen LogP contribution in [0, 0.1) is 10.1 Å². The van der Waals surface area contributed by atoms with Crippen LogP contribution in [0.4, 0.5) is 11.5 Å². The van der Waals surface area contributed by atoms with Gasteiger partial charge in [-0.1, -0.05) is 0 Å². The van der Waals surface area contributed by atoms with Gasteiger partial charge in [0.15, 0.2) is 6.20 Å². The van der Waals surface area contributed by atoms with Crippen LogP contribution >= 0.6 is 11.8 Å². The van der Waals surface area contributed by atoms with E-state index in [9.17, 15) is 10.1 Å². The molecule has 0 aromatic carbocycles. The van der Waals surface area contributed by atoms with Crippen molar-refractivity contribution < 1.29 is 4.92 Å². The first-order valence-electron chi connectivity index (χ1n) is 5.38. The summed E-state index contributed by atoms with van der Waals surface area (Å²) < 4.78 is 0. The van der Waals surface area contributed by atoms with E-state index < -0.39 is 4.92 Å². The molecule has 0 N–H and O–H groups in total. The van der Waals surface area contributed by atoms with Crippen LogP contribution in [0.2, 0.25) is 0 Å². The molecule has 0 saturated carbocycles. The van der Waals surface area contributed by atoms with Crippen molar-refractivity contribution in [3.63, 3.8) is 0 Å². The second kappa shape index (κ2) is 6.44. The largest absolute Gasteiger partial charge is 0.369 e. The van der Waals surface area contributed by atoms with Crippen molar-refractivity contribution >= 4 is 23.3 Å². The molecule has 6 heteroatoms. The molecule has 0 bridgehead atoms. The fraction of sp³-hybridized carbons (Fsp3) is 0.545. The number of nitro groups is 1. The third-order valence-electron chi connectivity index (χ3n) is 2.73. The predicted molar refractivity (Wildman–Crippen MR) is 71.8 cm³/mol. The third-order valence-corrected chi connectivity index (χ3v) is 3.37. The number of nitrogens with zero attached hydrogens (tertiary/aromatic N) is 3. The minimum absolute atomic E-state index is 0.112. The monoisotopic (exact) mass is 255 g/mol. The molecule has 1 heterocycles. The highest BCUT2D eigenvalue weighted by molar-refractivity contribution is 7.98. The highest BCUT2D eigenvalue weighted by Gasteiger charge is 2.13. The van der Waals surface area contributed by atoms with E-state index in [0.717, 1.165) is 17.9 Å². The molecule has 1 rings (SSSR count).